The summed E-state index contributed by atoms with van der Waals surface area (Å²) in [5, 5.41) is 12.6. The second-order valence-corrected chi connectivity index (χ2v) is 7.43. The van der Waals surface area contributed by atoms with Crippen molar-refractivity contribution in [3.05, 3.63) is 59.4 Å². The van der Waals surface area contributed by atoms with Gasteiger partial charge in [-0.1, -0.05) is 0 Å². The molecule has 0 spiro atoms. The quantitative estimate of drug-likeness (QED) is 0.563. The van der Waals surface area contributed by atoms with E-state index in [0.29, 0.717) is 39.9 Å². The maximum Gasteiger partial charge on any atom is 0.339 e. The number of fused-ring (bicyclic) bond motifs is 1. The van der Waals surface area contributed by atoms with Crippen LogP contribution in [0.1, 0.15) is 34.0 Å². The van der Waals surface area contributed by atoms with Gasteiger partial charge < -0.3 is 33.9 Å². The molecule has 1 aliphatic rings. The van der Waals surface area contributed by atoms with Crippen LogP contribution in [0.3, 0.4) is 0 Å². The number of aromatic carboxylic acids is 1. The number of ether oxygens (including phenoxy) is 4. The summed E-state index contributed by atoms with van der Waals surface area (Å²) in [6.45, 7) is 0. The van der Waals surface area contributed by atoms with Gasteiger partial charge in [0.1, 0.15) is 28.6 Å². The normalized spacial score (nSPS) is 14.8. The Morgan fingerprint density at radius 1 is 0.970 bits per heavy atom. The number of carboxylic acid groups (broad SMARTS) is 1. The first-order valence-corrected chi connectivity index (χ1v) is 10.1. The Hall–Kier alpha value is -4.14. The Labute approximate surface area is 190 Å². The number of nitrogens with one attached hydrogen (secondary N) is 1. The number of amides is 1. The second-order valence-electron chi connectivity index (χ2n) is 7.43. The van der Waals surface area contributed by atoms with Crippen LogP contribution in [0.4, 0.5) is 5.69 Å². The Balaban J connectivity index is 2.04. The highest BCUT2D eigenvalue weighted by atomic mass is 16.5. The topological polar surface area (TPSA) is 108 Å². The molecule has 4 rings (SSSR count). The van der Waals surface area contributed by atoms with Gasteiger partial charge in [-0.15, -0.1) is 0 Å². The van der Waals surface area contributed by atoms with Gasteiger partial charge in [-0.2, -0.15) is 0 Å². The molecule has 0 aliphatic carbocycles. The first-order chi connectivity index (χ1) is 15.9. The smallest absolute Gasteiger partial charge is 0.339 e. The molecule has 172 valence electrons. The Morgan fingerprint density at radius 3 is 2.21 bits per heavy atom. The van der Waals surface area contributed by atoms with Gasteiger partial charge in [0.05, 0.1) is 45.5 Å². The van der Waals surface area contributed by atoms with Crippen LogP contribution in [0.5, 0.6) is 23.0 Å². The molecule has 1 atom stereocenters. The highest BCUT2D eigenvalue weighted by Crippen LogP contribution is 2.46. The Kier molecular flexibility index (Phi) is 5.87. The van der Waals surface area contributed by atoms with Gasteiger partial charge in [-0.25, -0.2) is 4.79 Å². The van der Waals surface area contributed by atoms with E-state index >= 15 is 0 Å². The molecule has 0 radical (unpaired) electrons. The van der Waals surface area contributed by atoms with Gasteiger partial charge in [-0.05, 0) is 30.3 Å². The molecule has 9 nitrogen and oxygen atoms in total. The minimum Gasteiger partial charge on any atom is -0.497 e. The minimum atomic E-state index is -1.16. The highest BCUT2D eigenvalue weighted by molar-refractivity contribution is 6.04. The van der Waals surface area contributed by atoms with E-state index in [1.165, 1.54) is 13.3 Å². The van der Waals surface area contributed by atoms with Crippen LogP contribution in [-0.4, -0.2) is 50.0 Å². The van der Waals surface area contributed by atoms with E-state index < -0.39 is 11.9 Å². The zero-order valence-corrected chi connectivity index (χ0v) is 18.7. The first-order valence-electron chi connectivity index (χ1n) is 10.1. The van der Waals surface area contributed by atoms with E-state index in [1.54, 1.807) is 62.3 Å². The number of benzene rings is 2. The summed E-state index contributed by atoms with van der Waals surface area (Å²) < 4.78 is 23.6. The fourth-order valence-corrected chi connectivity index (χ4v) is 4.18. The molecule has 0 bridgehead atoms. The number of hydrogen-bond acceptors (Lipinski definition) is 6. The molecular weight excluding hydrogens is 428 g/mol. The van der Waals surface area contributed by atoms with Crippen LogP contribution in [0.25, 0.3) is 5.69 Å². The Bertz CT molecular complexity index is 1230. The van der Waals surface area contributed by atoms with Gasteiger partial charge >= 0.3 is 5.97 Å². The number of methoxy groups -OCH3 is 4. The van der Waals surface area contributed by atoms with Crippen molar-refractivity contribution >= 4 is 17.6 Å². The highest BCUT2D eigenvalue weighted by Gasteiger charge is 2.36. The zero-order valence-electron chi connectivity index (χ0n) is 18.7. The summed E-state index contributed by atoms with van der Waals surface area (Å²) in [6, 6.07) is 10.6. The predicted octanol–water partition coefficient (Wildman–Crippen LogP) is 3.68. The van der Waals surface area contributed by atoms with E-state index in [-0.39, 0.29) is 23.6 Å². The largest absolute Gasteiger partial charge is 0.497 e. The number of rotatable bonds is 7. The third-order valence-electron chi connectivity index (χ3n) is 5.72. The number of carbonyl (C=O) groups excluding carboxylic acids is 1. The molecule has 1 aliphatic heterocycles. The van der Waals surface area contributed by atoms with Crippen LogP contribution >= 0.6 is 0 Å². The predicted molar refractivity (Wildman–Crippen MR) is 120 cm³/mol. The van der Waals surface area contributed by atoms with Crippen molar-refractivity contribution in [1.82, 2.24) is 4.57 Å². The molecule has 2 N–H and O–H groups in total. The molecule has 1 amide bonds. The molecule has 0 unspecified atom stereocenters. The Morgan fingerprint density at radius 2 is 1.61 bits per heavy atom. The lowest BCUT2D eigenvalue weighted by Gasteiger charge is -2.28. The molecule has 2 heterocycles. The second kappa shape index (κ2) is 8.78. The summed E-state index contributed by atoms with van der Waals surface area (Å²) in [4.78, 5) is 24.8. The average molecular weight is 452 g/mol. The van der Waals surface area contributed by atoms with Gasteiger partial charge in [0.15, 0.2) is 0 Å². The SMILES string of the molecule is COc1ccc(OC)c([C@@H]2CC(=O)Nc3c(C(=O)O)cn(-c4cc(OC)ccc4OC)c32)c1. The van der Waals surface area contributed by atoms with Gasteiger partial charge in [0.2, 0.25) is 5.91 Å². The molecule has 0 saturated heterocycles. The van der Waals surface area contributed by atoms with Crippen LogP contribution in [0.15, 0.2) is 42.6 Å². The van der Waals surface area contributed by atoms with Gasteiger partial charge in [-0.3, -0.25) is 4.79 Å². The van der Waals surface area contributed by atoms with Gasteiger partial charge in [0, 0.05) is 30.2 Å². The summed E-state index contributed by atoms with van der Waals surface area (Å²) in [6.07, 6.45) is 1.57. The van der Waals surface area contributed by atoms with Crippen LogP contribution in [0, 0.1) is 0 Å². The molecule has 0 fully saturated rings. The fourth-order valence-electron chi connectivity index (χ4n) is 4.18. The summed E-state index contributed by atoms with van der Waals surface area (Å²) in [5.41, 5.74) is 2.06. The molecule has 1 aromatic heterocycles. The number of carboxylic acids is 1. The van der Waals surface area contributed by atoms with E-state index in [0.717, 1.165) is 0 Å². The average Bonchev–Trinajstić information content (AvgIpc) is 3.22. The van der Waals surface area contributed by atoms with Crippen LogP contribution < -0.4 is 24.3 Å². The van der Waals surface area contributed by atoms with Crippen molar-refractivity contribution in [1.29, 1.82) is 0 Å². The fraction of sp³-hybridized carbons (Fsp3) is 0.250. The molecule has 3 aromatic rings. The number of anilines is 1. The van der Waals surface area contributed by atoms with Gasteiger partial charge in [0.25, 0.3) is 0 Å². The zero-order chi connectivity index (χ0) is 23.7. The standard InChI is InChI=1S/C24H24N2O7/c1-30-13-5-7-19(32-3)15(9-13)16-11-21(27)25-22-17(24(28)29)12-26(23(16)22)18-10-14(31-2)6-8-20(18)33-4/h5-10,12,16H,11H2,1-4H3,(H,25,27)(H,28,29)/t16-/m0/s1. The molecular formula is C24H24N2O7. The van der Waals surface area contributed by atoms with Crippen molar-refractivity contribution in [3.8, 4) is 28.7 Å². The minimum absolute atomic E-state index is 0.0326. The van der Waals surface area contributed by atoms with Crippen molar-refractivity contribution in [2.75, 3.05) is 33.8 Å². The van der Waals surface area contributed by atoms with E-state index in [9.17, 15) is 14.7 Å². The number of hydrogen-bond donors (Lipinski definition) is 2. The molecule has 9 heteroatoms. The monoisotopic (exact) mass is 452 g/mol. The molecule has 33 heavy (non-hydrogen) atoms. The van der Waals surface area contributed by atoms with Crippen LogP contribution in [-0.2, 0) is 4.79 Å². The lowest BCUT2D eigenvalue weighted by atomic mass is 9.87. The van der Waals surface area contributed by atoms with E-state index in [1.807, 2.05) is 0 Å². The van der Waals surface area contributed by atoms with E-state index in [4.69, 9.17) is 18.9 Å². The number of carbonyl (C=O) groups is 2. The van der Waals surface area contributed by atoms with Crippen molar-refractivity contribution < 1.29 is 33.6 Å². The maximum atomic E-state index is 12.7. The van der Waals surface area contributed by atoms with E-state index in [2.05, 4.69) is 5.32 Å². The summed E-state index contributed by atoms with van der Waals surface area (Å²) >= 11 is 0. The summed E-state index contributed by atoms with van der Waals surface area (Å²) in [5.74, 6) is 0.264. The lowest BCUT2D eigenvalue weighted by molar-refractivity contribution is -0.116. The third kappa shape index (κ3) is 3.82. The molecule has 2 aromatic carbocycles. The third-order valence-corrected chi connectivity index (χ3v) is 5.72. The number of nitrogens with zero attached hydrogens (tertiary/aromatic N) is 1. The summed E-state index contributed by atoms with van der Waals surface area (Å²) in [7, 11) is 6.17. The maximum absolute atomic E-state index is 12.7. The van der Waals surface area contributed by atoms with Crippen molar-refractivity contribution in [2.24, 2.45) is 0 Å². The van der Waals surface area contributed by atoms with Crippen molar-refractivity contribution in [3.63, 3.8) is 0 Å². The first kappa shape index (κ1) is 22.1. The van der Waals surface area contributed by atoms with Crippen molar-refractivity contribution in [2.45, 2.75) is 12.3 Å². The number of aromatic nitrogens is 1. The van der Waals surface area contributed by atoms with Crippen LogP contribution in [0.2, 0.25) is 0 Å². The molecule has 0 saturated carbocycles. The lowest BCUT2D eigenvalue weighted by Crippen LogP contribution is -2.26.